The van der Waals surface area contributed by atoms with E-state index in [1.54, 1.807) is 0 Å². The van der Waals surface area contributed by atoms with Crippen molar-refractivity contribution in [3.8, 4) is 5.75 Å². The number of non-ortho nitro benzene ring substituents is 1. The molecule has 1 N–H and O–H groups in total. The minimum absolute atomic E-state index is 0.101. The van der Waals surface area contributed by atoms with Gasteiger partial charge >= 0.3 is 18.4 Å². The van der Waals surface area contributed by atoms with Crippen LogP contribution in [0.1, 0.15) is 17.9 Å². The van der Waals surface area contributed by atoms with Crippen LogP contribution < -0.4 is 9.22 Å². The van der Waals surface area contributed by atoms with E-state index in [9.17, 15) is 38.0 Å². The number of methoxy groups -OCH3 is 1. The largest absolute Gasteiger partial charge is 0.573 e. The summed E-state index contributed by atoms with van der Waals surface area (Å²) in [6.45, 7) is -0.287. The topological polar surface area (TPSA) is 116 Å². The molecule has 176 valence electrons. The van der Waals surface area contributed by atoms with Gasteiger partial charge in [-0.2, -0.15) is 9.28 Å². The van der Waals surface area contributed by atoms with Crippen LogP contribution in [0.5, 0.6) is 5.75 Å². The Hall–Kier alpha value is -3.67. The average molecular weight is 469 g/mol. The first-order valence-corrected chi connectivity index (χ1v) is 9.74. The average Bonchev–Trinajstić information content (AvgIpc) is 2.77. The number of carbonyl (C=O) groups is 2. The monoisotopic (exact) mass is 469 g/mol. The number of quaternary nitrogens is 1. The second-order valence-corrected chi connectivity index (χ2v) is 7.66. The van der Waals surface area contributed by atoms with E-state index in [1.165, 1.54) is 24.3 Å². The van der Waals surface area contributed by atoms with Gasteiger partial charge in [0.2, 0.25) is 0 Å². The van der Waals surface area contributed by atoms with Gasteiger partial charge in [-0.3, -0.25) is 14.9 Å². The number of likely N-dealkylation sites (tertiary alicyclic amines) is 1. The van der Waals surface area contributed by atoms with Crippen molar-refractivity contribution in [3.63, 3.8) is 0 Å². The van der Waals surface area contributed by atoms with Gasteiger partial charge in [-0.15, -0.1) is 13.2 Å². The number of carbonyl (C=O) groups excluding carboxylic acids is 1. The highest BCUT2D eigenvalue weighted by Crippen LogP contribution is 2.40. The highest BCUT2D eigenvalue weighted by atomic mass is 19.4. The fourth-order valence-corrected chi connectivity index (χ4v) is 4.20. The third kappa shape index (κ3) is 5.22. The number of ether oxygens (including phenoxy) is 2. The zero-order valence-corrected chi connectivity index (χ0v) is 17.3. The van der Waals surface area contributed by atoms with Gasteiger partial charge in [-0.1, -0.05) is 12.1 Å². The summed E-state index contributed by atoms with van der Waals surface area (Å²) in [6.07, 6.45) is -6.08. The molecule has 3 atom stereocenters. The zero-order chi connectivity index (χ0) is 24.4. The molecule has 0 bridgehead atoms. The second kappa shape index (κ2) is 9.06. The summed E-state index contributed by atoms with van der Waals surface area (Å²) in [7, 11) is 1.16. The third-order valence-electron chi connectivity index (χ3n) is 5.65. The highest BCUT2D eigenvalue weighted by molar-refractivity contribution is 5.83. The van der Waals surface area contributed by atoms with Gasteiger partial charge < -0.3 is 14.6 Å². The SMILES string of the molecule is COC(=O)C1CC(c2cccc(OC(F)(F)F)c2)C[N+](C(=O)O)(c2ccc([N+](=O)[O-])cc2)C1. The molecule has 1 fully saturated rings. The van der Waals surface area contributed by atoms with Gasteiger partial charge in [0.25, 0.3) is 5.69 Å². The van der Waals surface area contributed by atoms with E-state index in [0.29, 0.717) is 5.56 Å². The number of benzene rings is 2. The third-order valence-corrected chi connectivity index (χ3v) is 5.65. The molecule has 1 saturated heterocycles. The molecule has 0 aliphatic carbocycles. The van der Waals surface area contributed by atoms with Gasteiger partial charge in [0, 0.05) is 30.2 Å². The molecular formula is C21H20F3N2O7+. The Kier molecular flexibility index (Phi) is 6.58. The number of rotatable bonds is 5. The summed E-state index contributed by atoms with van der Waals surface area (Å²) >= 11 is 0. The summed E-state index contributed by atoms with van der Waals surface area (Å²) in [5.41, 5.74) is 0.308. The molecule has 9 nitrogen and oxygen atoms in total. The molecule has 0 radical (unpaired) electrons. The maximum atomic E-state index is 12.7. The molecule has 0 saturated carbocycles. The minimum atomic E-state index is -4.90. The first kappa shape index (κ1) is 24.0. The lowest BCUT2D eigenvalue weighted by Gasteiger charge is -2.42. The molecule has 3 unspecified atom stereocenters. The van der Waals surface area contributed by atoms with Crippen molar-refractivity contribution in [3.05, 3.63) is 64.2 Å². The molecule has 33 heavy (non-hydrogen) atoms. The standard InChI is InChI=1S/C21H19F3N2O7/c1-32-19(27)15-9-14(13-3-2-4-18(10-13)33-21(22,23)24)11-26(12-15,20(28)29)17-7-5-16(6-8-17)25(30)31/h2-8,10,14-15H,9,11-12H2,1H3/p+1. The lowest BCUT2D eigenvalue weighted by atomic mass is 9.82. The normalized spacial score (nSPS) is 22.9. The lowest BCUT2D eigenvalue weighted by molar-refractivity contribution is -0.384. The number of alkyl halides is 3. The molecule has 2 aromatic rings. The summed E-state index contributed by atoms with van der Waals surface area (Å²) in [5, 5.41) is 21.2. The number of esters is 1. The van der Waals surface area contributed by atoms with Crippen LogP contribution >= 0.6 is 0 Å². The van der Waals surface area contributed by atoms with E-state index in [1.807, 2.05) is 0 Å². The summed E-state index contributed by atoms with van der Waals surface area (Å²) < 4.78 is 46.0. The van der Waals surface area contributed by atoms with Crippen molar-refractivity contribution < 1.29 is 42.3 Å². The maximum Gasteiger partial charge on any atom is 0.573 e. The fourth-order valence-electron chi connectivity index (χ4n) is 4.20. The maximum absolute atomic E-state index is 12.7. The Balaban J connectivity index is 2.06. The van der Waals surface area contributed by atoms with E-state index < -0.39 is 45.4 Å². The van der Waals surface area contributed by atoms with E-state index >= 15 is 0 Å². The fraction of sp³-hybridized carbons (Fsp3) is 0.333. The molecule has 0 spiro atoms. The van der Waals surface area contributed by atoms with E-state index in [-0.39, 0.29) is 30.9 Å². The number of halogens is 3. The van der Waals surface area contributed by atoms with Crippen LogP contribution in [0, 0.1) is 16.0 Å². The second-order valence-electron chi connectivity index (χ2n) is 7.66. The first-order chi connectivity index (χ1) is 15.4. The van der Waals surface area contributed by atoms with Gasteiger partial charge in [-0.25, -0.2) is 0 Å². The number of nitro groups is 1. The Morgan fingerprint density at radius 2 is 1.82 bits per heavy atom. The van der Waals surface area contributed by atoms with Crippen molar-refractivity contribution >= 4 is 23.4 Å². The minimum Gasteiger partial charge on any atom is -0.469 e. The number of hydrogen-bond acceptors (Lipinski definition) is 6. The van der Waals surface area contributed by atoms with Gasteiger partial charge in [0.05, 0.1) is 12.0 Å². The quantitative estimate of drug-likeness (QED) is 0.298. The highest BCUT2D eigenvalue weighted by Gasteiger charge is 2.50. The predicted molar refractivity (Wildman–Crippen MR) is 109 cm³/mol. The van der Waals surface area contributed by atoms with Crippen LogP contribution in [0.2, 0.25) is 0 Å². The molecule has 1 amide bonds. The van der Waals surface area contributed by atoms with Crippen molar-refractivity contribution in [2.75, 3.05) is 20.2 Å². The number of amides is 1. The number of nitro benzene ring substituents is 1. The van der Waals surface area contributed by atoms with E-state index in [4.69, 9.17) is 4.74 Å². The molecule has 0 aromatic heterocycles. The van der Waals surface area contributed by atoms with Crippen LogP contribution in [0.3, 0.4) is 0 Å². The molecule has 1 aliphatic rings. The first-order valence-electron chi connectivity index (χ1n) is 9.74. The van der Waals surface area contributed by atoms with E-state index in [2.05, 4.69) is 4.74 Å². The number of piperidine rings is 1. The molecule has 1 heterocycles. The molecular weight excluding hydrogens is 449 g/mol. The number of hydrogen-bond donors (Lipinski definition) is 1. The Labute approximate surface area is 185 Å². The van der Waals surface area contributed by atoms with Gasteiger partial charge in [0.15, 0.2) is 0 Å². The van der Waals surface area contributed by atoms with Crippen molar-refractivity contribution in [1.82, 2.24) is 4.48 Å². The van der Waals surface area contributed by atoms with Gasteiger partial charge in [0.1, 0.15) is 30.4 Å². The number of carboxylic acid groups (broad SMARTS) is 1. The van der Waals surface area contributed by atoms with Crippen LogP contribution in [-0.2, 0) is 9.53 Å². The Bertz CT molecular complexity index is 1060. The van der Waals surface area contributed by atoms with Crippen LogP contribution in [0.4, 0.5) is 29.3 Å². The van der Waals surface area contributed by atoms with Crippen LogP contribution in [-0.4, -0.2) is 48.7 Å². The zero-order valence-electron chi connectivity index (χ0n) is 17.3. The van der Waals surface area contributed by atoms with E-state index in [0.717, 1.165) is 31.4 Å². The Morgan fingerprint density at radius 1 is 1.15 bits per heavy atom. The summed E-state index contributed by atoms with van der Waals surface area (Å²) in [6, 6.07) is 10.1. The molecule has 3 rings (SSSR count). The molecule has 1 aliphatic heterocycles. The number of nitrogens with zero attached hydrogens (tertiary/aromatic N) is 2. The van der Waals surface area contributed by atoms with Crippen LogP contribution in [0.15, 0.2) is 48.5 Å². The molecule has 12 heteroatoms. The van der Waals surface area contributed by atoms with Crippen molar-refractivity contribution in [1.29, 1.82) is 0 Å². The smallest absolute Gasteiger partial charge is 0.469 e. The van der Waals surface area contributed by atoms with Crippen LogP contribution in [0.25, 0.3) is 0 Å². The van der Waals surface area contributed by atoms with Gasteiger partial charge in [-0.05, 0) is 24.1 Å². The molecule has 2 aromatic carbocycles. The lowest BCUT2D eigenvalue weighted by Crippen LogP contribution is -2.62. The van der Waals surface area contributed by atoms with Crippen molar-refractivity contribution in [2.45, 2.75) is 18.7 Å². The summed E-state index contributed by atoms with van der Waals surface area (Å²) in [4.78, 5) is 35.2. The van der Waals surface area contributed by atoms with Crippen molar-refractivity contribution in [2.24, 2.45) is 5.92 Å². The Morgan fingerprint density at radius 3 is 2.36 bits per heavy atom. The summed E-state index contributed by atoms with van der Waals surface area (Å²) in [5.74, 6) is -2.66. The predicted octanol–water partition coefficient (Wildman–Crippen LogP) is 4.46.